The number of halogens is 3. The van der Waals surface area contributed by atoms with Gasteiger partial charge in [0.15, 0.2) is 5.69 Å². The lowest BCUT2D eigenvalue weighted by molar-refractivity contribution is -0.140. The lowest BCUT2D eigenvalue weighted by Gasteiger charge is -2.12. The molecule has 0 unspecified atom stereocenters. The van der Waals surface area contributed by atoms with Crippen molar-refractivity contribution in [1.29, 1.82) is 0 Å². The summed E-state index contributed by atoms with van der Waals surface area (Å²) >= 11 is 0. The third kappa shape index (κ3) is 3.59. The van der Waals surface area contributed by atoms with E-state index >= 15 is 0 Å². The monoisotopic (exact) mass is 450 g/mol. The Morgan fingerprint density at radius 2 is 1.67 bits per heavy atom. The number of phenols is 1. The molecule has 5 aromatic rings. The minimum Gasteiger partial charge on any atom is -0.507 e. The van der Waals surface area contributed by atoms with Crippen LogP contribution in [0.2, 0.25) is 0 Å². The van der Waals surface area contributed by atoms with Crippen LogP contribution in [0.5, 0.6) is 11.5 Å². The summed E-state index contributed by atoms with van der Waals surface area (Å²) in [6, 6.07) is 21.3. The van der Waals surface area contributed by atoms with E-state index in [9.17, 15) is 18.3 Å². The third-order valence-electron chi connectivity index (χ3n) is 5.29. The highest BCUT2D eigenvalue weighted by Gasteiger charge is 2.41. The van der Waals surface area contributed by atoms with Crippen LogP contribution in [0, 0.1) is 0 Å². The molecular formula is C25H17F3N2O3. The van der Waals surface area contributed by atoms with Crippen molar-refractivity contribution in [3.8, 4) is 39.8 Å². The number of methoxy groups -OCH3 is 1. The standard InChI is InChI=1S/C25H17F3N2O3/c1-32-17-11-12-18(19(31)14-17)23-22(21-13-15-7-5-6-10-20(15)33-21)24(25(26,27)28)29-30(23)16-8-3-2-4-9-16/h2-14,31H,1H3. The van der Waals surface area contributed by atoms with Crippen molar-refractivity contribution >= 4 is 11.0 Å². The average Bonchev–Trinajstić information content (AvgIpc) is 3.41. The summed E-state index contributed by atoms with van der Waals surface area (Å²) in [5.74, 6) is 0.108. The van der Waals surface area contributed by atoms with Gasteiger partial charge in [-0.3, -0.25) is 0 Å². The van der Waals surface area contributed by atoms with Crippen LogP contribution in [0.3, 0.4) is 0 Å². The predicted octanol–water partition coefficient (Wildman–Crippen LogP) is 6.69. The molecule has 1 N–H and O–H groups in total. The Labute approximate surface area is 186 Å². The van der Waals surface area contributed by atoms with Gasteiger partial charge in [0.05, 0.1) is 24.1 Å². The Balaban J connectivity index is 1.89. The maximum absolute atomic E-state index is 14.2. The third-order valence-corrected chi connectivity index (χ3v) is 5.29. The molecule has 2 aromatic heterocycles. The number of para-hydroxylation sites is 2. The molecule has 0 saturated heterocycles. The van der Waals surface area contributed by atoms with Crippen LogP contribution in [0.1, 0.15) is 5.69 Å². The zero-order chi connectivity index (χ0) is 23.2. The van der Waals surface area contributed by atoms with Crippen molar-refractivity contribution in [2.45, 2.75) is 6.18 Å². The Bertz CT molecular complexity index is 1420. The van der Waals surface area contributed by atoms with Gasteiger partial charge in [0, 0.05) is 17.0 Å². The Hall–Kier alpha value is -4.20. The molecule has 0 aliphatic heterocycles. The molecule has 5 nitrogen and oxygen atoms in total. The van der Waals surface area contributed by atoms with Crippen LogP contribution in [-0.2, 0) is 6.18 Å². The van der Waals surface area contributed by atoms with Gasteiger partial charge in [0.25, 0.3) is 0 Å². The number of ether oxygens (including phenoxy) is 1. The molecule has 0 saturated carbocycles. The predicted molar refractivity (Wildman–Crippen MR) is 117 cm³/mol. The van der Waals surface area contributed by atoms with E-state index in [1.165, 1.54) is 23.9 Å². The minimum absolute atomic E-state index is 0.00377. The van der Waals surface area contributed by atoms with Crippen LogP contribution in [-0.4, -0.2) is 22.0 Å². The van der Waals surface area contributed by atoms with E-state index in [2.05, 4.69) is 5.10 Å². The van der Waals surface area contributed by atoms with Gasteiger partial charge in [-0.2, -0.15) is 18.3 Å². The molecule has 0 bridgehead atoms. The van der Waals surface area contributed by atoms with Gasteiger partial charge in [-0.1, -0.05) is 36.4 Å². The first kappa shape index (κ1) is 20.7. The SMILES string of the molecule is COc1ccc(-c2c(-c3cc4ccccc4o3)c(C(F)(F)F)nn2-c2ccccc2)c(O)c1. The number of hydrogen-bond acceptors (Lipinski definition) is 4. The van der Waals surface area contributed by atoms with Gasteiger partial charge >= 0.3 is 6.18 Å². The Kier molecular flexibility index (Phi) is 4.85. The Morgan fingerprint density at radius 1 is 0.939 bits per heavy atom. The molecule has 166 valence electrons. The number of nitrogens with zero attached hydrogens (tertiary/aromatic N) is 2. The first-order valence-corrected chi connectivity index (χ1v) is 9.99. The fourth-order valence-electron chi connectivity index (χ4n) is 3.80. The number of fused-ring (bicyclic) bond motifs is 1. The number of hydrogen-bond donors (Lipinski definition) is 1. The molecular weight excluding hydrogens is 433 g/mol. The second-order valence-electron chi connectivity index (χ2n) is 7.35. The summed E-state index contributed by atoms with van der Waals surface area (Å²) in [4.78, 5) is 0. The fourth-order valence-corrected chi connectivity index (χ4v) is 3.80. The molecule has 33 heavy (non-hydrogen) atoms. The highest BCUT2D eigenvalue weighted by Crippen LogP contribution is 2.47. The summed E-state index contributed by atoms with van der Waals surface area (Å²) in [6.07, 6.45) is -4.77. The smallest absolute Gasteiger partial charge is 0.435 e. The number of alkyl halides is 3. The fraction of sp³-hybridized carbons (Fsp3) is 0.0800. The molecule has 5 rings (SSSR count). The molecule has 0 atom stereocenters. The molecule has 8 heteroatoms. The number of benzene rings is 3. The van der Waals surface area contributed by atoms with Crippen LogP contribution in [0.15, 0.2) is 83.3 Å². The van der Waals surface area contributed by atoms with Gasteiger partial charge in [-0.05, 0) is 36.4 Å². The van der Waals surface area contributed by atoms with Crippen molar-refractivity contribution in [1.82, 2.24) is 9.78 Å². The van der Waals surface area contributed by atoms with Crippen LogP contribution >= 0.6 is 0 Å². The highest BCUT2D eigenvalue weighted by atomic mass is 19.4. The number of aromatic hydroxyl groups is 1. The maximum atomic E-state index is 14.2. The van der Waals surface area contributed by atoms with Gasteiger partial charge in [0.2, 0.25) is 0 Å². The van der Waals surface area contributed by atoms with E-state index < -0.39 is 11.9 Å². The Morgan fingerprint density at radius 3 is 2.33 bits per heavy atom. The molecule has 0 fully saturated rings. The normalized spacial score (nSPS) is 11.8. The van der Waals surface area contributed by atoms with Crippen LogP contribution in [0.4, 0.5) is 13.2 Å². The number of phenolic OH excluding ortho intramolecular Hbond substituents is 1. The lowest BCUT2D eigenvalue weighted by atomic mass is 10.0. The molecule has 0 aliphatic rings. The summed E-state index contributed by atoms with van der Waals surface area (Å²) in [6.45, 7) is 0. The van der Waals surface area contributed by atoms with E-state index in [0.717, 1.165) is 0 Å². The zero-order valence-corrected chi connectivity index (χ0v) is 17.3. The van der Waals surface area contributed by atoms with E-state index in [1.807, 2.05) is 0 Å². The van der Waals surface area contributed by atoms with E-state index in [4.69, 9.17) is 9.15 Å². The molecule has 0 spiro atoms. The van der Waals surface area contributed by atoms with Crippen LogP contribution in [0.25, 0.3) is 39.2 Å². The summed E-state index contributed by atoms with van der Waals surface area (Å²) in [5, 5.41) is 15.3. The second-order valence-corrected chi connectivity index (χ2v) is 7.35. The van der Waals surface area contributed by atoms with E-state index in [0.29, 0.717) is 22.4 Å². The molecule has 2 heterocycles. The summed E-state index contributed by atoms with van der Waals surface area (Å²) in [7, 11) is 1.43. The van der Waals surface area contributed by atoms with E-state index in [-0.39, 0.29) is 28.3 Å². The van der Waals surface area contributed by atoms with Crippen molar-refractivity contribution < 1.29 is 27.4 Å². The zero-order valence-electron chi connectivity index (χ0n) is 17.3. The van der Waals surface area contributed by atoms with Gasteiger partial charge in [-0.15, -0.1) is 0 Å². The summed E-state index contributed by atoms with van der Waals surface area (Å²) < 4.78 is 54.8. The molecule has 0 amide bonds. The van der Waals surface area contributed by atoms with E-state index in [1.54, 1.807) is 66.7 Å². The quantitative estimate of drug-likeness (QED) is 0.332. The molecule has 3 aromatic carbocycles. The van der Waals surface area contributed by atoms with Crippen molar-refractivity contribution in [3.63, 3.8) is 0 Å². The van der Waals surface area contributed by atoms with Crippen molar-refractivity contribution in [2.24, 2.45) is 0 Å². The van der Waals surface area contributed by atoms with Gasteiger partial charge < -0.3 is 14.3 Å². The van der Waals surface area contributed by atoms with Gasteiger partial charge in [0.1, 0.15) is 22.8 Å². The molecule has 0 radical (unpaired) electrons. The second kappa shape index (κ2) is 7.74. The maximum Gasteiger partial charge on any atom is 0.435 e. The average molecular weight is 450 g/mol. The van der Waals surface area contributed by atoms with Crippen molar-refractivity contribution in [2.75, 3.05) is 7.11 Å². The number of aromatic nitrogens is 2. The summed E-state index contributed by atoms with van der Waals surface area (Å²) in [5.41, 5.74) is -0.335. The first-order chi connectivity index (χ1) is 15.9. The molecule has 0 aliphatic carbocycles. The van der Waals surface area contributed by atoms with Gasteiger partial charge in [-0.25, -0.2) is 4.68 Å². The topological polar surface area (TPSA) is 60.4 Å². The first-order valence-electron chi connectivity index (χ1n) is 9.99. The lowest BCUT2D eigenvalue weighted by Crippen LogP contribution is -2.08. The minimum atomic E-state index is -4.77. The largest absolute Gasteiger partial charge is 0.507 e. The number of rotatable bonds is 4. The van der Waals surface area contributed by atoms with Crippen molar-refractivity contribution in [3.05, 3.63) is 84.6 Å². The van der Waals surface area contributed by atoms with Crippen LogP contribution < -0.4 is 4.74 Å². The number of furan rings is 1. The highest BCUT2D eigenvalue weighted by molar-refractivity contribution is 5.90.